The summed E-state index contributed by atoms with van der Waals surface area (Å²) in [5.74, 6) is 0.838. The lowest BCUT2D eigenvalue weighted by atomic mass is 10.2. The fourth-order valence-electron chi connectivity index (χ4n) is 2.29. The van der Waals surface area contributed by atoms with Crippen molar-refractivity contribution in [1.29, 1.82) is 0 Å². The van der Waals surface area contributed by atoms with E-state index in [0.29, 0.717) is 13.0 Å². The third-order valence-electron chi connectivity index (χ3n) is 3.46. The Morgan fingerprint density at radius 3 is 2.69 bits per heavy atom. The molecule has 2 rings (SSSR count). The van der Waals surface area contributed by atoms with Crippen LogP contribution < -0.4 is 16.0 Å². The zero-order chi connectivity index (χ0) is 17.9. The molecule has 2 aromatic rings. The molecule has 0 aliphatic heterocycles. The molecule has 1 amide bonds. The first-order chi connectivity index (χ1) is 12.2. The van der Waals surface area contributed by atoms with E-state index in [-0.39, 0.29) is 29.9 Å². The van der Waals surface area contributed by atoms with Crippen molar-refractivity contribution in [2.24, 2.45) is 4.99 Å². The van der Waals surface area contributed by atoms with Gasteiger partial charge in [-0.2, -0.15) is 0 Å². The number of nitrogens with one attached hydrogen (secondary N) is 3. The maximum Gasteiger partial charge on any atom is 0.224 e. The molecule has 26 heavy (non-hydrogen) atoms. The third-order valence-corrected chi connectivity index (χ3v) is 4.34. The lowest BCUT2D eigenvalue weighted by molar-refractivity contribution is -0.116. The van der Waals surface area contributed by atoms with Crippen LogP contribution in [0.15, 0.2) is 46.8 Å². The Bertz CT molecular complexity index is 689. The van der Waals surface area contributed by atoms with Crippen molar-refractivity contribution >= 4 is 52.9 Å². The van der Waals surface area contributed by atoms with E-state index in [2.05, 4.69) is 32.4 Å². The molecular formula is C19H27IN4OS. The molecular weight excluding hydrogens is 459 g/mol. The van der Waals surface area contributed by atoms with Gasteiger partial charge in [0.05, 0.1) is 13.1 Å². The maximum absolute atomic E-state index is 11.7. The second kappa shape index (κ2) is 12.7. The van der Waals surface area contributed by atoms with Gasteiger partial charge in [-0.15, -0.1) is 35.3 Å². The molecule has 0 aliphatic carbocycles. The smallest absolute Gasteiger partial charge is 0.224 e. The number of halogens is 1. The average molecular weight is 486 g/mol. The van der Waals surface area contributed by atoms with Gasteiger partial charge in [-0.25, -0.2) is 4.99 Å². The fraction of sp³-hybridized carbons (Fsp3) is 0.368. The van der Waals surface area contributed by atoms with Gasteiger partial charge in [0.15, 0.2) is 5.96 Å². The number of amides is 1. The molecule has 3 N–H and O–H groups in total. The van der Waals surface area contributed by atoms with Crippen LogP contribution in [0.3, 0.4) is 0 Å². The molecule has 0 aliphatic rings. The van der Waals surface area contributed by atoms with Crippen LogP contribution in [0.1, 0.15) is 37.1 Å². The van der Waals surface area contributed by atoms with Crippen molar-refractivity contribution in [3.8, 4) is 0 Å². The molecule has 0 unspecified atom stereocenters. The van der Waals surface area contributed by atoms with E-state index < -0.39 is 0 Å². The summed E-state index contributed by atoms with van der Waals surface area (Å²) in [6.45, 7) is 6.17. The first-order valence-electron chi connectivity index (χ1n) is 8.64. The second-order valence-corrected chi connectivity index (χ2v) is 6.66. The van der Waals surface area contributed by atoms with Gasteiger partial charge in [0.25, 0.3) is 0 Å². The van der Waals surface area contributed by atoms with Gasteiger partial charge in [-0.3, -0.25) is 4.79 Å². The van der Waals surface area contributed by atoms with Crippen molar-refractivity contribution in [1.82, 2.24) is 10.6 Å². The molecule has 0 saturated heterocycles. The van der Waals surface area contributed by atoms with E-state index >= 15 is 0 Å². The summed E-state index contributed by atoms with van der Waals surface area (Å²) in [5.41, 5.74) is 1.88. The summed E-state index contributed by atoms with van der Waals surface area (Å²) in [6.07, 6.45) is 1.39. The number of carbonyl (C=O) groups is 1. The minimum atomic E-state index is 0. The van der Waals surface area contributed by atoms with E-state index in [1.54, 1.807) is 11.3 Å². The Morgan fingerprint density at radius 2 is 2.00 bits per heavy atom. The van der Waals surface area contributed by atoms with Crippen LogP contribution in [0.2, 0.25) is 0 Å². The zero-order valence-electron chi connectivity index (χ0n) is 15.2. The Hall–Kier alpha value is -1.61. The number of nitrogens with zero attached hydrogens (tertiary/aromatic N) is 1. The number of thiophene rings is 1. The third kappa shape index (κ3) is 8.18. The summed E-state index contributed by atoms with van der Waals surface area (Å²) < 4.78 is 0. The highest BCUT2D eigenvalue weighted by atomic mass is 127. The molecule has 1 heterocycles. The van der Waals surface area contributed by atoms with E-state index in [1.165, 1.54) is 4.88 Å². The van der Waals surface area contributed by atoms with Crippen molar-refractivity contribution < 1.29 is 4.79 Å². The molecule has 142 valence electrons. The molecule has 1 aromatic carbocycles. The number of guanidine groups is 1. The minimum Gasteiger partial charge on any atom is -0.357 e. The van der Waals surface area contributed by atoms with Gasteiger partial charge in [-0.1, -0.05) is 25.1 Å². The molecule has 0 saturated carbocycles. The van der Waals surface area contributed by atoms with E-state index in [1.807, 2.05) is 44.2 Å². The lowest BCUT2D eigenvalue weighted by Crippen LogP contribution is -2.36. The summed E-state index contributed by atoms with van der Waals surface area (Å²) in [4.78, 5) is 17.6. The highest BCUT2D eigenvalue weighted by Gasteiger charge is 2.03. The van der Waals surface area contributed by atoms with Gasteiger partial charge in [0.1, 0.15) is 0 Å². The predicted molar refractivity (Wildman–Crippen MR) is 121 cm³/mol. The Labute approximate surface area is 176 Å². The predicted octanol–water partition coefficient (Wildman–Crippen LogP) is 4.36. The number of hydrogen-bond donors (Lipinski definition) is 3. The Morgan fingerprint density at radius 1 is 1.15 bits per heavy atom. The van der Waals surface area contributed by atoms with Crippen LogP contribution in [-0.4, -0.2) is 18.4 Å². The van der Waals surface area contributed by atoms with Crippen LogP contribution >= 0.6 is 35.3 Å². The molecule has 0 atom stereocenters. The second-order valence-electron chi connectivity index (χ2n) is 5.63. The van der Waals surface area contributed by atoms with Crippen molar-refractivity contribution in [2.75, 3.05) is 11.9 Å². The Kier molecular flexibility index (Phi) is 11.0. The number of rotatable bonds is 8. The molecule has 1 aromatic heterocycles. The first-order valence-corrected chi connectivity index (χ1v) is 9.52. The lowest BCUT2D eigenvalue weighted by Gasteiger charge is -2.11. The monoisotopic (exact) mass is 486 g/mol. The van der Waals surface area contributed by atoms with Crippen molar-refractivity contribution in [3.63, 3.8) is 0 Å². The van der Waals surface area contributed by atoms with Gasteiger partial charge >= 0.3 is 0 Å². The SMILES string of the molecule is CCCC(=O)Nc1cccc(CN=C(NCC)NCc2cccs2)c1.I. The highest BCUT2D eigenvalue weighted by molar-refractivity contribution is 14.0. The van der Waals surface area contributed by atoms with E-state index in [0.717, 1.165) is 36.7 Å². The van der Waals surface area contributed by atoms with E-state index in [9.17, 15) is 4.79 Å². The first kappa shape index (κ1) is 22.4. The Balaban J connectivity index is 0.00000338. The maximum atomic E-state index is 11.7. The number of benzene rings is 1. The molecule has 0 radical (unpaired) electrons. The number of carbonyl (C=O) groups excluding carboxylic acids is 1. The molecule has 5 nitrogen and oxygen atoms in total. The summed E-state index contributed by atoms with van der Waals surface area (Å²) in [5, 5.41) is 11.6. The number of hydrogen-bond acceptors (Lipinski definition) is 3. The zero-order valence-corrected chi connectivity index (χ0v) is 18.4. The van der Waals surface area contributed by atoms with Crippen molar-refractivity contribution in [2.45, 2.75) is 39.8 Å². The molecule has 7 heteroatoms. The highest BCUT2D eigenvalue weighted by Crippen LogP contribution is 2.12. The van der Waals surface area contributed by atoms with Crippen LogP contribution in [0.5, 0.6) is 0 Å². The van der Waals surface area contributed by atoms with Gasteiger partial charge in [0, 0.05) is 23.5 Å². The molecule has 0 spiro atoms. The number of anilines is 1. The van der Waals surface area contributed by atoms with Crippen LogP contribution in [0.4, 0.5) is 5.69 Å². The summed E-state index contributed by atoms with van der Waals surface area (Å²) in [6, 6.07) is 12.0. The van der Waals surface area contributed by atoms with Crippen LogP contribution in [-0.2, 0) is 17.9 Å². The van der Waals surface area contributed by atoms with E-state index in [4.69, 9.17) is 0 Å². The van der Waals surface area contributed by atoms with Crippen LogP contribution in [0.25, 0.3) is 0 Å². The fourth-order valence-corrected chi connectivity index (χ4v) is 2.94. The number of aliphatic imine (C=N–C) groups is 1. The largest absolute Gasteiger partial charge is 0.357 e. The standard InChI is InChI=1S/C19H26N4OS.HI/c1-3-7-18(24)23-16-9-5-8-15(12-16)13-21-19(20-4-2)22-14-17-10-6-11-25-17;/h5-6,8-12H,3-4,7,13-14H2,1-2H3,(H,23,24)(H2,20,21,22);1H. The van der Waals surface area contributed by atoms with Gasteiger partial charge in [-0.05, 0) is 42.5 Å². The quantitative estimate of drug-likeness (QED) is 0.295. The van der Waals surface area contributed by atoms with Crippen molar-refractivity contribution in [3.05, 3.63) is 52.2 Å². The average Bonchev–Trinajstić information content (AvgIpc) is 3.11. The molecule has 0 bridgehead atoms. The van der Waals surface area contributed by atoms with Gasteiger partial charge < -0.3 is 16.0 Å². The van der Waals surface area contributed by atoms with Crippen LogP contribution in [0, 0.1) is 0 Å². The molecule has 0 fully saturated rings. The summed E-state index contributed by atoms with van der Waals surface area (Å²) in [7, 11) is 0. The topological polar surface area (TPSA) is 65.5 Å². The normalized spacial score (nSPS) is 10.8. The van der Waals surface area contributed by atoms with Gasteiger partial charge in [0.2, 0.25) is 5.91 Å². The summed E-state index contributed by atoms with van der Waals surface area (Å²) >= 11 is 1.72. The minimum absolute atomic E-state index is 0.